The molecule has 1 aromatic carbocycles. The van der Waals surface area contributed by atoms with Gasteiger partial charge < -0.3 is 34.6 Å². The van der Waals surface area contributed by atoms with Crippen LogP contribution in [-0.2, 0) is 11.3 Å². The summed E-state index contributed by atoms with van der Waals surface area (Å²) in [6, 6.07) is 7.96. The van der Waals surface area contributed by atoms with Crippen molar-refractivity contribution < 1.29 is 14.2 Å². The number of aromatic nitrogens is 2. The van der Waals surface area contributed by atoms with Crippen molar-refractivity contribution in [3.63, 3.8) is 0 Å². The molecule has 5 rings (SSSR count). The summed E-state index contributed by atoms with van der Waals surface area (Å²) in [6.45, 7) is 8.19. The number of fused-ring (bicyclic) bond motifs is 1. The number of piperidine rings is 1. The molecule has 0 spiro atoms. The molecule has 0 amide bonds. The lowest BCUT2D eigenvalue weighted by Gasteiger charge is -2.33. The molecule has 10 heteroatoms. The number of hydrogen-bond acceptors (Lipinski definition) is 8. The summed E-state index contributed by atoms with van der Waals surface area (Å²) in [5.41, 5.74) is 1.05. The molecule has 2 fully saturated rings. The van der Waals surface area contributed by atoms with E-state index in [1.54, 1.807) is 0 Å². The minimum atomic E-state index is 0.265. The maximum Gasteiger partial charge on any atom is 0.232 e. The fraction of sp³-hybridized carbons (Fsp3) is 0.522. The molecule has 2 aromatic rings. The average molecular weight is 471 g/mol. The fourth-order valence-corrected chi connectivity index (χ4v) is 4.53. The number of rotatable bonds is 5. The van der Waals surface area contributed by atoms with Gasteiger partial charge in [-0.05, 0) is 48.7 Å². The molecule has 3 aliphatic heterocycles. The Labute approximate surface area is 199 Å². The minimum Gasteiger partial charge on any atom is -0.454 e. The number of ether oxygens (including phenoxy) is 3. The minimum absolute atomic E-state index is 0.265. The molecule has 1 aromatic heterocycles. The number of hydrogen-bond donors (Lipinski definition) is 2. The Morgan fingerprint density at radius 3 is 2.67 bits per heavy atom. The van der Waals surface area contributed by atoms with Crippen LogP contribution < -0.4 is 29.9 Å². The van der Waals surface area contributed by atoms with E-state index in [4.69, 9.17) is 36.4 Å². The maximum atomic E-state index is 5.55. The summed E-state index contributed by atoms with van der Waals surface area (Å²) in [5, 5.41) is 6.91. The molecule has 2 saturated heterocycles. The van der Waals surface area contributed by atoms with Crippen LogP contribution in [0.15, 0.2) is 24.3 Å². The highest BCUT2D eigenvalue weighted by Crippen LogP contribution is 2.32. The second-order valence-corrected chi connectivity index (χ2v) is 9.10. The lowest BCUT2D eigenvalue weighted by molar-refractivity contribution is 0.122. The van der Waals surface area contributed by atoms with Gasteiger partial charge in [0.25, 0.3) is 0 Å². The van der Waals surface area contributed by atoms with Crippen LogP contribution in [0.1, 0.15) is 25.3 Å². The Bertz CT molecular complexity index is 1000. The van der Waals surface area contributed by atoms with Crippen LogP contribution in [0.3, 0.4) is 0 Å². The van der Waals surface area contributed by atoms with Crippen LogP contribution in [0.2, 0.25) is 0 Å². The maximum absolute atomic E-state index is 5.55. The van der Waals surface area contributed by atoms with Crippen molar-refractivity contribution in [1.29, 1.82) is 0 Å². The van der Waals surface area contributed by atoms with Gasteiger partial charge in [0.05, 0.1) is 13.2 Å². The molecular weight excluding hydrogens is 440 g/mol. The van der Waals surface area contributed by atoms with Crippen molar-refractivity contribution >= 4 is 34.9 Å². The summed E-state index contributed by atoms with van der Waals surface area (Å²) in [4.78, 5) is 14.2. The van der Waals surface area contributed by atoms with Crippen molar-refractivity contribution in [2.75, 3.05) is 61.3 Å². The summed E-state index contributed by atoms with van der Waals surface area (Å²) in [6.07, 6.45) is 2.44. The number of anilines is 3. The quantitative estimate of drug-likeness (QED) is 0.637. The molecule has 0 radical (unpaired) electrons. The third-order valence-electron chi connectivity index (χ3n) is 6.13. The Morgan fingerprint density at radius 2 is 1.85 bits per heavy atom. The zero-order valence-corrected chi connectivity index (χ0v) is 19.7. The fourth-order valence-electron chi connectivity index (χ4n) is 4.37. The highest BCUT2D eigenvalue weighted by Gasteiger charge is 2.22. The van der Waals surface area contributed by atoms with Crippen molar-refractivity contribution in [1.82, 2.24) is 15.3 Å². The molecule has 0 bridgehead atoms. The van der Waals surface area contributed by atoms with E-state index in [1.165, 1.54) is 12.8 Å². The second-order valence-electron chi connectivity index (χ2n) is 8.70. The Balaban J connectivity index is 1.29. The van der Waals surface area contributed by atoms with E-state index in [0.717, 1.165) is 54.9 Å². The first kappa shape index (κ1) is 22.0. The number of nitrogens with one attached hydrogen (secondary N) is 2. The van der Waals surface area contributed by atoms with Gasteiger partial charge in [0.15, 0.2) is 16.6 Å². The molecule has 0 aliphatic carbocycles. The van der Waals surface area contributed by atoms with Crippen LogP contribution in [-0.4, -0.2) is 61.3 Å². The number of thiocarbonyl (C=S) groups is 1. The first-order valence-electron chi connectivity index (χ1n) is 11.5. The van der Waals surface area contributed by atoms with Crippen molar-refractivity contribution in [2.45, 2.75) is 26.3 Å². The van der Waals surface area contributed by atoms with Crippen molar-refractivity contribution in [3.8, 4) is 11.5 Å². The van der Waals surface area contributed by atoms with Gasteiger partial charge >= 0.3 is 0 Å². The predicted molar refractivity (Wildman–Crippen MR) is 131 cm³/mol. The highest BCUT2D eigenvalue weighted by molar-refractivity contribution is 7.80. The van der Waals surface area contributed by atoms with Crippen molar-refractivity contribution in [2.24, 2.45) is 5.92 Å². The molecule has 33 heavy (non-hydrogen) atoms. The predicted octanol–water partition coefficient (Wildman–Crippen LogP) is 2.76. The van der Waals surface area contributed by atoms with E-state index in [2.05, 4.69) is 33.4 Å². The molecule has 4 heterocycles. The van der Waals surface area contributed by atoms with E-state index >= 15 is 0 Å². The van der Waals surface area contributed by atoms with Gasteiger partial charge in [-0.3, -0.25) is 0 Å². The van der Waals surface area contributed by atoms with Crippen LogP contribution in [0.4, 0.5) is 17.6 Å². The third kappa shape index (κ3) is 5.39. The Kier molecular flexibility index (Phi) is 6.63. The molecule has 3 aliphatic rings. The first-order chi connectivity index (χ1) is 16.1. The topological polar surface area (TPSA) is 84.0 Å². The zero-order valence-electron chi connectivity index (χ0n) is 18.9. The molecule has 176 valence electrons. The highest BCUT2D eigenvalue weighted by atomic mass is 32.1. The van der Waals surface area contributed by atoms with Gasteiger partial charge in [0, 0.05) is 38.8 Å². The summed E-state index contributed by atoms with van der Waals surface area (Å²) >= 11 is 5.55. The van der Waals surface area contributed by atoms with Crippen LogP contribution in [0.5, 0.6) is 11.5 Å². The average Bonchev–Trinajstić information content (AvgIpc) is 3.31. The van der Waals surface area contributed by atoms with Gasteiger partial charge in [0.1, 0.15) is 11.6 Å². The number of nitrogens with zero attached hydrogens (tertiary/aromatic N) is 4. The molecule has 1 atom stereocenters. The largest absolute Gasteiger partial charge is 0.454 e. The van der Waals surface area contributed by atoms with E-state index in [1.807, 2.05) is 18.2 Å². The van der Waals surface area contributed by atoms with E-state index in [0.29, 0.717) is 36.7 Å². The van der Waals surface area contributed by atoms with Crippen molar-refractivity contribution in [3.05, 3.63) is 29.8 Å². The zero-order chi connectivity index (χ0) is 22.6. The van der Waals surface area contributed by atoms with E-state index in [-0.39, 0.29) is 6.79 Å². The molecule has 0 saturated carbocycles. The monoisotopic (exact) mass is 470 g/mol. The Morgan fingerprint density at radius 1 is 1.06 bits per heavy atom. The first-order valence-corrected chi connectivity index (χ1v) is 11.9. The van der Waals surface area contributed by atoms with Gasteiger partial charge in [-0.2, -0.15) is 9.97 Å². The lowest BCUT2D eigenvalue weighted by atomic mass is 10.0. The van der Waals surface area contributed by atoms with Crippen LogP contribution in [0.25, 0.3) is 0 Å². The van der Waals surface area contributed by atoms with Crippen LogP contribution >= 0.6 is 12.2 Å². The third-order valence-corrected chi connectivity index (χ3v) is 6.38. The number of benzene rings is 1. The summed E-state index contributed by atoms with van der Waals surface area (Å²) in [5.74, 6) is 4.54. The van der Waals surface area contributed by atoms with Gasteiger partial charge in [-0.25, -0.2) is 0 Å². The van der Waals surface area contributed by atoms with Gasteiger partial charge in [-0.1, -0.05) is 13.0 Å². The van der Waals surface area contributed by atoms with Crippen LogP contribution in [0, 0.1) is 5.92 Å². The smallest absolute Gasteiger partial charge is 0.232 e. The molecule has 9 nitrogen and oxygen atoms in total. The summed E-state index contributed by atoms with van der Waals surface area (Å²) in [7, 11) is 0. The van der Waals surface area contributed by atoms with E-state index < -0.39 is 0 Å². The summed E-state index contributed by atoms with van der Waals surface area (Å²) < 4.78 is 16.3. The van der Waals surface area contributed by atoms with E-state index in [9.17, 15) is 0 Å². The molecular formula is C23H30N6O3S. The molecule has 2 N–H and O–H groups in total. The standard InChI is InChI=1S/C23H30N6O3S/c1-16-3-2-6-29(14-16)21-12-20(28-7-9-30-10-8-28)25-22(26-21)27-23(33)24-13-17-4-5-18-19(11-17)32-15-31-18/h4-5,11-12,16H,2-3,6-10,13-15H2,1H3,(H2,24,25,26,27,33)/t16-/m0/s1. The second kappa shape index (κ2) is 9.96. The van der Waals surface area contributed by atoms with Gasteiger partial charge in [-0.15, -0.1) is 0 Å². The normalized spacial score (nSPS) is 20.0. The molecule has 0 unspecified atom stereocenters. The number of morpholine rings is 1. The Hall–Kier alpha value is -2.85. The SMILES string of the molecule is C[C@H]1CCCN(c2cc(N3CCOCC3)nc(NC(=S)NCc3ccc4c(c3)OCO4)n2)C1. The lowest BCUT2D eigenvalue weighted by Crippen LogP contribution is -2.38. The van der Waals surface area contributed by atoms with Gasteiger partial charge in [0.2, 0.25) is 12.7 Å².